The number of pyridine rings is 1. The Kier molecular flexibility index (Phi) is 6.41. The molecule has 0 bridgehead atoms. The van der Waals surface area contributed by atoms with Crippen molar-refractivity contribution in [2.24, 2.45) is 4.99 Å². The summed E-state index contributed by atoms with van der Waals surface area (Å²) in [7, 11) is 7.20. The zero-order chi connectivity index (χ0) is 22.7. The predicted octanol–water partition coefficient (Wildman–Crippen LogP) is 3.40. The molecule has 0 saturated heterocycles. The third kappa shape index (κ3) is 4.45. The van der Waals surface area contributed by atoms with Crippen molar-refractivity contribution in [2.75, 3.05) is 41.5 Å². The van der Waals surface area contributed by atoms with Crippen molar-refractivity contribution in [1.82, 2.24) is 14.8 Å². The van der Waals surface area contributed by atoms with E-state index in [1.54, 1.807) is 43.7 Å². The molecule has 2 aromatic rings. The van der Waals surface area contributed by atoms with Crippen molar-refractivity contribution >= 4 is 23.4 Å². The van der Waals surface area contributed by atoms with Crippen LogP contribution >= 0.6 is 0 Å². The van der Waals surface area contributed by atoms with E-state index in [0.29, 0.717) is 35.8 Å². The van der Waals surface area contributed by atoms with Crippen LogP contribution in [0.3, 0.4) is 0 Å². The van der Waals surface area contributed by atoms with Crippen molar-refractivity contribution in [3.05, 3.63) is 47.9 Å². The Morgan fingerprint density at radius 1 is 1.16 bits per heavy atom. The molecule has 0 fully saturated rings. The highest BCUT2D eigenvalue weighted by molar-refractivity contribution is 6.05. The second-order valence-electron chi connectivity index (χ2n) is 8.03. The van der Waals surface area contributed by atoms with E-state index in [1.165, 1.54) is 0 Å². The summed E-state index contributed by atoms with van der Waals surface area (Å²) in [5.41, 5.74) is 2.87. The number of aliphatic imine (C=N–C) groups is 1. The molecule has 2 aliphatic rings. The van der Waals surface area contributed by atoms with Gasteiger partial charge in [-0.2, -0.15) is 0 Å². The first kappa shape index (κ1) is 21.8. The summed E-state index contributed by atoms with van der Waals surface area (Å²) in [5.74, 6) is 1.66. The van der Waals surface area contributed by atoms with E-state index in [1.807, 2.05) is 32.4 Å². The van der Waals surface area contributed by atoms with Crippen molar-refractivity contribution in [3.63, 3.8) is 0 Å². The van der Waals surface area contributed by atoms with Gasteiger partial charge in [0, 0.05) is 31.4 Å². The van der Waals surface area contributed by atoms with E-state index >= 15 is 0 Å². The molecule has 1 aromatic heterocycles. The zero-order valence-corrected chi connectivity index (χ0v) is 18.9. The number of aromatic nitrogens is 1. The first-order chi connectivity index (χ1) is 15.5. The van der Waals surface area contributed by atoms with Gasteiger partial charge in [-0.05, 0) is 44.3 Å². The molecule has 8 nitrogen and oxygen atoms in total. The SMILES string of the molecule is COc1cc2c(cc1OC)C(=O)N1C=C(c3ccc(OCCCN(C)C)cn3)C[C@H]1C=N2. The molecule has 2 aliphatic heterocycles. The second-order valence-corrected chi connectivity index (χ2v) is 8.03. The average Bonchev–Trinajstić information content (AvgIpc) is 3.19. The van der Waals surface area contributed by atoms with E-state index in [9.17, 15) is 4.79 Å². The lowest BCUT2D eigenvalue weighted by molar-refractivity contribution is 0.0817. The van der Waals surface area contributed by atoms with Gasteiger partial charge >= 0.3 is 0 Å². The smallest absolute Gasteiger partial charge is 0.260 e. The van der Waals surface area contributed by atoms with Gasteiger partial charge in [0.1, 0.15) is 5.75 Å². The molecule has 1 amide bonds. The maximum absolute atomic E-state index is 13.3. The summed E-state index contributed by atoms with van der Waals surface area (Å²) in [6.07, 6.45) is 7.01. The Labute approximate surface area is 188 Å². The quantitative estimate of drug-likeness (QED) is 0.591. The van der Waals surface area contributed by atoms with Gasteiger partial charge in [0.25, 0.3) is 5.91 Å². The molecule has 4 rings (SSSR count). The highest BCUT2D eigenvalue weighted by atomic mass is 16.5. The van der Waals surface area contributed by atoms with Crippen LogP contribution in [0.25, 0.3) is 5.57 Å². The molecule has 0 radical (unpaired) electrons. The fourth-order valence-electron chi connectivity index (χ4n) is 3.82. The number of amides is 1. The molecule has 3 heterocycles. The van der Waals surface area contributed by atoms with Gasteiger partial charge in [-0.3, -0.25) is 14.8 Å². The van der Waals surface area contributed by atoms with E-state index in [-0.39, 0.29) is 11.9 Å². The van der Waals surface area contributed by atoms with Crippen molar-refractivity contribution in [1.29, 1.82) is 0 Å². The lowest BCUT2D eigenvalue weighted by atomic mass is 10.1. The Morgan fingerprint density at radius 3 is 2.62 bits per heavy atom. The number of hydrogen-bond acceptors (Lipinski definition) is 7. The number of methoxy groups -OCH3 is 2. The molecule has 32 heavy (non-hydrogen) atoms. The largest absolute Gasteiger partial charge is 0.493 e. The summed E-state index contributed by atoms with van der Waals surface area (Å²) in [4.78, 5) is 26.2. The monoisotopic (exact) mass is 436 g/mol. The van der Waals surface area contributed by atoms with Crippen LogP contribution in [-0.2, 0) is 0 Å². The number of hydrogen-bond donors (Lipinski definition) is 0. The van der Waals surface area contributed by atoms with Gasteiger partial charge in [-0.15, -0.1) is 0 Å². The minimum atomic E-state index is -0.161. The molecule has 0 aliphatic carbocycles. The Balaban J connectivity index is 1.50. The summed E-state index contributed by atoms with van der Waals surface area (Å²) >= 11 is 0. The third-order valence-corrected chi connectivity index (χ3v) is 5.52. The molecule has 168 valence electrons. The Bertz CT molecular complexity index is 1050. The van der Waals surface area contributed by atoms with Gasteiger partial charge in [-0.25, -0.2) is 0 Å². The molecule has 1 aromatic carbocycles. The predicted molar refractivity (Wildman–Crippen MR) is 123 cm³/mol. The van der Waals surface area contributed by atoms with Gasteiger partial charge in [0.2, 0.25) is 0 Å². The first-order valence-corrected chi connectivity index (χ1v) is 10.6. The summed E-state index contributed by atoms with van der Waals surface area (Å²) in [6.45, 7) is 1.63. The number of rotatable bonds is 8. The van der Waals surface area contributed by atoms with Crippen molar-refractivity contribution in [2.45, 2.75) is 18.9 Å². The highest BCUT2D eigenvalue weighted by Crippen LogP contribution is 2.39. The maximum atomic E-state index is 13.3. The van der Waals surface area contributed by atoms with Crippen molar-refractivity contribution in [3.8, 4) is 17.2 Å². The third-order valence-electron chi connectivity index (χ3n) is 5.52. The van der Waals surface area contributed by atoms with Gasteiger partial charge in [0.15, 0.2) is 11.5 Å². The number of nitrogens with zero attached hydrogens (tertiary/aromatic N) is 4. The van der Waals surface area contributed by atoms with Gasteiger partial charge in [0.05, 0.1) is 50.0 Å². The number of carbonyl (C=O) groups excluding carboxylic acids is 1. The van der Waals surface area contributed by atoms with E-state index in [4.69, 9.17) is 14.2 Å². The number of ether oxygens (including phenoxy) is 3. The number of benzene rings is 1. The van der Waals surface area contributed by atoms with E-state index in [2.05, 4.69) is 14.9 Å². The fraction of sp³-hybridized carbons (Fsp3) is 0.375. The molecule has 0 spiro atoms. The second kappa shape index (κ2) is 9.40. The van der Waals surface area contributed by atoms with Crippen LogP contribution in [0.15, 0.2) is 41.7 Å². The van der Waals surface area contributed by atoms with Crippen LogP contribution in [0.1, 0.15) is 28.9 Å². The summed E-state index contributed by atoms with van der Waals surface area (Å²) < 4.78 is 16.5. The molecule has 0 unspecified atom stereocenters. The van der Waals surface area contributed by atoms with Crippen LogP contribution in [0.5, 0.6) is 17.2 Å². The first-order valence-electron chi connectivity index (χ1n) is 10.6. The molecular weight excluding hydrogens is 408 g/mol. The number of fused-ring (bicyclic) bond motifs is 2. The Morgan fingerprint density at radius 2 is 1.94 bits per heavy atom. The maximum Gasteiger partial charge on any atom is 0.260 e. The van der Waals surface area contributed by atoms with Crippen LogP contribution in [-0.4, -0.2) is 74.4 Å². The topological polar surface area (TPSA) is 76.5 Å². The lowest BCUT2D eigenvalue weighted by Gasteiger charge is -2.18. The Hall–Kier alpha value is -3.39. The molecular formula is C24H28N4O4. The zero-order valence-electron chi connectivity index (χ0n) is 18.9. The molecule has 0 saturated carbocycles. The molecule has 1 atom stereocenters. The highest BCUT2D eigenvalue weighted by Gasteiger charge is 2.33. The van der Waals surface area contributed by atoms with Crippen molar-refractivity contribution < 1.29 is 19.0 Å². The van der Waals surface area contributed by atoms with Crippen LogP contribution < -0.4 is 14.2 Å². The van der Waals surface area contributed by atoms with Crippen LogP contribution in [0, 0.1) is 0 Å². The molecule has 8 heteroatoms. The van der Waals surface area contributed by atoms with E-state index in [0.717, 1.165) is 30.0 Å². The molecule has 0 N–H and O–H groups in total. The average molecular weight is 437 g/mol. The summed E-state index contributed by atoms with van der Waals surface area (Å²) in [6, 6.07) is 7.11. The lowest BCUT2D eigenvalue weighted by Crippen LogP contribution is -2.32. The van der Waals surface area contributed by atoms with Gasteiger partial charge < -0.3 is 24.0 Å². The fourth-order valence-corrected chi connectivity index (χ4v) is 3.82. The normalized spacial score (nSPS) is 17.0. The van der Waals surface area contributed by atoms with Gasteiger partial charge in [-0.1, -0.05) is 0 Å². The number of carbonyl (C=O) groups is 1. The van der Waals surface area contributed by atoms with Crippen LogP contribution in [0.4, 0.5) is 5.69 Å². The summed E-state index contributed by atoms with van der Waals surface area (Å²) in [5, 5.41) is 0. The minimum Gasteiger partial charge on any atom is -0.493 e. The van der Waals surface area contributed by atoms with Crippen LogP contribution in [0.2, 0.25) is 0 Å². The van der Waals surface area contributed by atoms with E-state index < -0.39 is 0 Å². The minimum absolute atomic E-state index is 0.126. The standard InChI is InChI=1S/C24H28N4O4/c1-27(2)8-5-9-32-18-6-7-20(26-14-18)16-10-17-13-25-21-12-23(31-4)22(30-3)11-19(21)24(29)28(17)15-16/h6-7,11-15,17H,5,8-10H2,1-4H3/t17-/m0/s1.